The van der Waals surface area contributed by atoms with Crippen molar-refractivity contribution in [3.63, 3.8) is 0 Å². The van der Waals surface area contributed by atoms with Crippen LogP contribution in [0.1, 0.15) is 38.5 Å². The van der Waals surface area contributed by atoms with Gasteiger partial charge in [-0.3, -0.25) is 9.59 Å². The molecule has 1 heterocycles. The minimum atomic E-state index is 0.0190. The molecule has 1 saturated heterocycles. The summed E-state index contributed by atoms with van der Waals surface area (Å²) in [5.41, 5.74) is 0. The van der Waals surface area contributed by atoms with E-state index in [4.69, 9.17) is 9.47 Å². The molecule has 0 aromatic heterocycles. The van der Waals surface area contributed by atoms with Gasteiger partial charge in [-0.25, -0.2) is 0 Å². The maximum atomic E-state index is 12.3. The summed E-state index contributed by atoms with van der Waals surface area (Å²) in [5.74, 6) is 0.429. The zero-order valence-corrected chi connectivity index (χ0v) is 12.3. The largest absolute Gasteiger partial charge is 0.382 e. The number of methoxy groups -OCH3 is 1. The SMILES string of the molecule is COCCOCC(=O)N1CCCCC1C1CCCC1=O. The summed E-state index contributed by atoms with van der Waals surface area (Å²) < 4.78 is 10.2. The molecule has 0 aromatic carbocycles. The van der Waals surface area contributed by atoms with Crippen molar-refractivity contribution in [1.29, 1.82) is 0 Å². The van der Waals surface area contributed by atoms with E-state index in [9.17, 15) is 9.59 Å². The molecule has 5 nitrogen and oxygen atoms in total. The van der Waals surface area contributed by atoms with Crippen molar-refractivity contribution in [2.45, 2.75) is 44.6 Å². The van der Waals surface area contributed by atoms with Crippen LogP contribution in [0.4, 0.5) is 0 Å². The lowest BCUT2D eigenvalue weighted by atomic mass is 9.88. The first kappa shape index (κ1) is 15.4. The fourth-order valence-electron chi connectivity index (χ4n) is 3.32. The summed E-state index contributed by atoms with van der Waals surface area (Å²) in [4.78, 5) is 26.1. The van der Waals surface area contributed by atoms with E-state index < -0.39 is 0 Å². The average Bonchev–Trinajstić information content (AvgIpc) is 2.89. The smallest absolute Gasteiger partial charge is 0.248 e. The molecular formula is C15H25NO4. The first-order chi connectivity index (χ1) is 9.74. The number of rotatable bonds is 6. The Morgan fingerprint density at radius 1 is 1.25 bits per heavy atom. The monoisotopic (exact) mass is 283 g/mol. The maximum Gasteiger partial charge on any atom is 0.248 e. The van der Waals surface area contributed by atoms with E-state index in [-0.39, 0.29) is 24.5 Å². The highest BCUT2D eigenvalue weighted by molar-refractivity contribution is 5.85. The van der Waals surface area contributed by atoms with Crippen LogP contribution >= 0.6 is 0 Å². The highest BCUT2D eigenvalue weighted by Gasteiger charge is 2.38. The standard InChI is InChI=1S/C15H25NO4/c1-19-9-10-20-11-15(18)16-8-3-2-6-13(16)12-5-4-7-14(12)17/h12-13H,2-11H2,1H3. The number of nitrogens with zero attached hydrogens (tertiary/aromatic N) is 1. The van der Waals surface area contributed by atoms with Crippen molar-refractivity contribution in [3.8, 4) is 0 Å². The van der Waals surface area contributed by atoms with Gasteiger partial charge in [-0.05, 0) is 32.1 Å². The lowest BCUT2D eigenvalue weighted by Gasteiger charge is -2.38. The Morgan fingerprint density at radius 3 is 2.80 bits per heavy atom. The Labute approximate surface area is 120 Å². The fourth-order valence-corrected chi connectivity index (χ4v) is 3.32. The van der Waals surface area contributed by atoms with Gasteiger partial charge in [-0.2, -0.15) is 0 Å². The molecule has 2 aliphatic rings. The summed E-state index contributed by atoms with van der Waals surface area (Å²) in [5, 5.41) is 0. The molecule has 20 heavy (non-hydrogen) atoms. The van der Waals surface area contributed by atoms with Gasteiger partial charge in [0.2, 0.25) is 5.91 Å². The van der Waals surface area contributed by atoms with Crippen LogP contribution in [0, 0.1) is 5.92 Å². The molecule has 0 radical (unpaired) electrons. The van der Waals surface area contributed by atoms with Crippen LogP contribution in [0.25, 0.3) is 0 Å². The van der Waals surface area contributed by atoms with Crippen molar-refractivity contribution in [3.05, 3.63) is 0 Å². The first-order valence-corrected chi connectivity index (χ1v) is 7.63. The molecule has 1 aliphatic heterocycles. The van der Waals surface area contributed by atoms with E-state index >= 15 is 0 Å². The molecule has 2 unspecified atom stereocenters. The Morgan fingerprint density at radius 2 is 2.10 bits per heavy atom. The van der Waals surface area contributed by atoms with Gasteiger partial charge in [-0.15, -0.1) is 0 Å². The second kappa shape index (κ2) is 7.74. The summed E-state index contributed by atoms with van der Waals surface area (Å²) in [6.45, 7) is 1.79. The van der Waals surface area contributed by atoms with Crippen molar-refractivity contribution in [1.82, 2.24) is 4.90 Å². The molecule has 1 amide bonds. The number of carbonyl (C=O) groups is 2. The van der Waals surface area contributed by atoms with Gasteiger partial charge in [-0.1, -0.05) is 0 Å². The van der Waals surface area contributed by atoms with Crippen LogP contribution in [0.3, 0.4) is 0 Å². The summed E-state index contributed by atoms with van der Waals surface area (Å²) >= 11 is 0. The van der Waals surface area contributed by atoms with E-state index in [2.05, 4.69) is 0 Å². The molecule has 0 N–H and O–H groups in total. The predicted molar refractivity (Wildman–Crippen MR) is 74.4 cm³/mol. The fraction of sp³-hybridized carbons (Fsp3) is 0.867. The quantitative estimate of drug-likeness (QED) is 0.691. The van der Waals surface area contributed by atoms with Gasteiger partial charge in [0.15, 0.2) is 0 Å². The van der Waals surface area contributed by atoms with Gasteiger partial charge in [0.25, 0.3) is 0 Å². The lowest BCUT2D eigenvalue weighted by Crippen LogP contribution is -2.49. The highest BCUT2D eigenvalue weighted by Crippen LogP contribution is 2.32. The molecule has 2 atom stereocenters. The summed E-state index contributed by atoms with van der Waals surface area (Å²) in [6.07, 6.45) is 5.71. The van der Waals surface area contributed by atoms with E-state index in [1.807, 2.05) is 4.90 Å². The molecule has 2 rings (SSSR count). The van der Waals surface area contributed by atoms with Crippen molar-refractivity contribution in [2.75, 3.05) is 33.5 Å². The third-order valence-corrected chi connectivity index (χ3v) is 4.34. The maximum absolute atomic E-state index is 12.3. The molecule has 5 heteroatoms. The predicted octanol–water partition coefficient (Wildman–Crippen LogP) is 1.40. The van der Waals surface area contributed by atoms with E-state index in [0.717, 1.165) is 38.6 Å². The van der Waals surface area contributed by atoms with E-state index in [1.54, 1.807) is 7.11 Å². The van der Waals surface area contributed by atoms with Crippen molar-refractivity contribution in [2.24, 2.45) is 5.92 Å². The summed E-state index contributed by atoms with van der Waals surface area (Å²) in [6, 6.07) is 0.109. The van der Waals surface area contributed by atoms with Gasteiger partial charge in [0.1, 0.15) is 12.4 Å². The van der Waals surface area contributed by atoms with Gasteiger partial charge in [0.05, 0.1) is 13.2 Å². The van der Waals surface area contributed by atoms with Gasteiger partial charge < -0.3 is 14.4 Å². The lowest BCUT2D eigenvalue weighted by molar-refractivity contribution is -0.142. The number of ether oxygens (including phenoxy) is 2. The molecule has 1 saturated carbocycles. The number of amides is 1. The second-order valence-electron chi connectivity index (χ2n) is 5.66. The molecule has 0 aromatic rings. The normalized spacial score (nSPS) is 27.1. The van der Waals surface area contributed by atoms with Crippen LogP contribution < -0.4 is 0 Å². The number of hydrogen-bond donors (Lipinski definition) is 0. The second-order valence-corrected chi connectivity index (χ2v) is 5.66. The van der Waals surface area contributed by atoms with Crippen LogP contribution in [0.5, 0.6) is 0 Å². The zero-order valence-electron chi connectivity index (χ0n) is 12.3. The molecule has 2 fully saturated rings. The molecule has 0 bridgehead atoms. The minimum absolute atomic E-state index is 0.0190. The molecular weight excluding hydrogens is 258 g/mol. The van der Waals surface area contributed by atoms with Gasteiger partial charge >= 0.3 is 0 Å². The Bertz CT molecular complexity index is 345. The molecule has 114 valence electrons. The van der Waals surface area contributed by atoms with E-state index in [1.165, 1.54) is 0 Å². The Kier molecular flexibility index (Phi) is 5.98. The summed E-state index contributed by atoms with van der Waals surface area (Å²) in [7, 11) is 1.61. The number of ketones is 1. The third-order valence-electron chi connectivity index (χ3n) is 4.34. The van der Waals surface area contributed by atoms with Crippen molar-refractivity contribution < 1.29 is 19.1 Å². The van der Waals surface area contributed by atoms with Gasteiger partial charge in [0, 0.05) is 32.0 Å². The topological polar surface area (TPSA) is 55.8 Å². The Balaban J connectivity index is 1.89. The van der Waals surface area contributed by atoms with Crippen LogP contribution in [-0.2, 0) is 19.1 Å². The van der Waals surface area contributed by atoms with Crippen LogP contribution in [-0.4, -0.2) is 56.1 Å². The first-order valence-electron chi connectivity index (χ1n) is 7.63. The van der Waals surface area contributed by atoms with E-state index in [0.29, 0.717) is 25.4 Å². The van der Waals surface area contributed by atoms with Crippen LogP contribution in [0.2, 0.25) is 0 Å². The third kappa shape index (κ3) is 3.79. The Hall–Kier alpha value is -0.940. The van der Waals surface area contributed by atoms with Crippen LogP contribution in [0.15, 0.2) is 0 Å². The molecule has 1 aliphatic carbocycles. The highest BCUT2D eigenvalue weighted by atomic mass is 16.5. The zero-order chi connectivity index (χ0) is 14.4. The molecule has 0 spiro atoms. The minimum Gasteiger partial charge on any atom is -0.382 e. The number of hydrogen-bond acceptors (Lipinski definition) is 4. The number of piperidine rings is 1. The number of likely N-dealkylation sites (tertiary alicyclic amines) is 1. The average molecular weight is 283 g/mol. The number of carbonyl (C=O) groups excluding carboxylic acids is 2. The van der Waals surface area contributed by atoms with Crippen molar-refractivity contribution >= 4 is 11.7 Å². The number of Topliss-reactive ketones (excluding diaryl/α,β-unsaturated/α-hetero) is 1.